The molecular weight excluding hydrogens is 272 g/mol. The molecule has 0 aliphatic carbocycles. The molecule has 0 unspecified atom stereocenters. The number of fused-ring (bicyclic) bond motifs is 1. The lowest BCUT2D eigenvalue weighted by Crippen LogP contribution is -2.45. The normalized spacial score (nSPS) is 17.6. The van der Waals surface area contributed by atoms with Crippen molar-refractivity contribution in [1.29, 1.82) is 0 Å². The lowest BCUT2D eigenvalue weighted by atomic mass is 10.1. The second kappa shape index (κ2) is 7.28. The highest BCUT2D eigenvalue weighted by molar-refractivity contribution is 5.97. The summed E-state index contributed by atoms with van der Waals surface area (Å²) in [5.74, 6) is 1.39. The van der Waals surface area contributed by atoms with Gasteiger partial charge in [-0.05, 0) is 36.8 Å². The minimum absolute atomic E-state index is 0.235. The molecule has 2 rings (SSSR count). The van der Waals surface area contributed by atoms with Crippen LogP contribution in [0.1, 0.15) is 40.2 Å². The topological polar surface area (TPSA) is 23.6 Å². The molecule has 3 heteroatoms. The third-order valence-electron chi connectivity index (χ3n) is 4.08. The maximum Gasteiger partial charge on any atom is 0.241 e. The smallest absolute Gasteiger partial charge is 0.241 e. The number of nitrogens with zero attached hydrogens (tertiary/aromatic N) is 2. The average Bonchev–Trinajstić information content (AvgIpc) is 2.72. The van der Waals surface area contributed by atoms with E-state index in [1.54, 1.807) is 0 Å². The minimum atomic E-state index is 0.235. The number of carbonyl (C=O) groups is 1. The van der Waals surface area contributed by atoms with Crippen molar-refractivity contribution in [2.75, 3.05) is 24.5 Å². The van der Waals surface area contributed by atoms with Gasteiger partial charge in [0.25, 0.3) is 0 Å². The fraction of sp³-hybridized carbons (Fsp3) is 0.632. The van der Waals surface area contributed by atoms with Gasteiger partial charge in [0.1, 0.15) is 0 Å². The van der Waals surface area contributed by atoms with Crippen molar-refractivity contribution in [2.45, 2.75) is 47.1 Å². The molecule has 0 N–H and O–H groups in total. The van der Waals surface area contributed by atoms with Gasteiger partial charge in [0.15, 0.2) is 0 Å². The van der Waals surface area contributed by atoms with E-state index >= 15 is 0 Å². The van der Waals surface area contributed by atoms with Gasteiger partial charge in [-0.15, -0.1) is 0 Å². The maximum absolute atomic E-state index is 12.9. The zero-order valence-electron chi connectivity index (χ0n) is 14.7. The highest BCUT2D eigenvalue weighted by Gasteiger charge is 2.31. The third kappa shape index (κ3) is 4.10. The summed E-state index contributed by atoms with van der Waals surface area (Å²) < 4.78 is 0. The Morgan fingerprint density at radius 3 is 2.36 bits per heavy atom. The maximum atomic E-state index is 12.9. The minimum Gasteiger partial charge on any atom is -0.308 e. The number of para-hydroxylation sites is 1. The Bertz CT molecular complexity index is 500. The Kier molecular flexibility index (Phi) is 5.63. The second-order valence-corrected chi connectivity index (χ2v) is 7.43. The molecule has 3 nitrogen and oxygen atoms in total. The predicted molar refractivity (Wildman–Crippen MR) is 93.2 cm³/mol. The van der Waals surface area contributed by atoms with E-state index in [0.29, 0.717) is 18.4 Å². The van der Waals surface area contributed by atoms with E-state index < -0.39 is 0 Å². The summed E-state index contributed by atoms with van der Waals surface area (Å²) >= 11 is 0. The molecule has 1 heterocycles. The summed E-state index contributed by atoms with van der Waals surface area (Å²) in [7, 11) is 0. The van der Waals surface area contributed by atoms with Gasteiger partial charge < -0.3 is 4.90 Å². The molecule has 1 aromatic rings. The Labute approximate surface area is 135 Å². The van der Waals surface area contributed by atoms with Crippen LogP contribution in [0.15, 0.2) is 24.3 Å². The van der Waals surface area contributed by atoms with E-state index in [4.69, 9.17) is 0 Å². The number of carbonyl (C=O) groups excluding carboxylic acids is 1. The molecular formula is C19H30N2O. The van der Waals surface area contributed by atoms with Crippen LogP contribution in [0.5, 0.6) is 0 Å². The van der Waals surface area contributed by atoms with E-state index in [0.717, 1.165) is 25.2 Å². The predicted octanol–water partition coefficient (Wildman–Crippen LogP) is 3.58. The van der Waals surface area contributed by atoms with Crippen LogP contribution >= 0.6 is 0 Å². The van der Waals surface area contributed by atoms with Crippen LogP contribution in [0, 0.1) is 11.8 Å². The Hall–Kier alpha value is -1.35. The quantitative estimate of drug-likeness (QED) is 0.802. The lowest BCUT2D eigenvalue weighted by Gasteiger charge is -2.29. The highest BCUT2D eigenvalue weighted by Crippen LogP contribution is 2.31. The molecule has 0 spiro atoms. The van der Waals surface area contributed by atoms with E-state index in [1.165, 1.54) is 5.56 Å². The van der Waals surface area contributed by atoms with E-state index in [-0.39, 0.29) is 11.9 Å². The molecule has 1 amide bonds. The van der Waals surface area contributed by atoms with Crippen LogP contribution in [0.4, 0.5) is 5.69 Å². The SMILES string of the molecule is CC(C)CN(CC(=O)N1c2ccccc2C[C@H]1C)CC(C)C. The van der Waals surface area contributed by atoms with Crippen molar-refractivity contribution in [3.63, 3.8) is 0 Å². The van der Waals surface area contributed by atoms with Gasteiger partial charge in [-0.3, -0.25) is 9.69 Å². The Balaban J connectivity index is 2.09. The first-order valence-electron chi connectivity index (χ1n) is 8.50. The van der Waals surface area contributed by atoms with Gasteiger partial charge in [0.05, 0.1) is 6.54 Å². The first-order chi connectivity index (χ1) is 10.4. The summed E-state index contributed by atoms with van der Waals surface area (Å²) in [6.45, 7) is 13.5. The number of amides is 1. The number of hydrogen-bond donors (Lipinski definition) is 0. The summed E-state index contributed by atoms with van der Waals surface area (Å²) in [4.78, 5) is 17.2. The van der Waals surface area contributed by atoms with E-state index in [2.05, 4.69) is 57.7 Å². The Morgan fingerprint density at radius 1 is 1.18 bits per heavy atom. The van der Waals surface area contributed by atoms with Gasteiger partial charge in [0.2, 0.25) is 5.91 Å². The van der Waals surface area contributed by atoms with E-state index in [9.17, 15) is 4.79 Å². The third-order valence-corrected chi connectivity index (χ3v) is 4.08. The molecule has 0 saturated carbocycles. The molecule has 1 aliphatic heterocycles. The van der Waals surface area contributed by atoms with Crippen LogP contribution in [-0.2, 0) is 11.2 Å². The molecule has 0 bridgehead atoms. The second-order valence-electron chi connectivity index (χ2n) is 7.43. The number of anilines is 1. The Morgan fingerprint density at radius 2 is 1.77 bits per heavy atom. The van der Waals surface area contributed by atoms with Crippen molar-refractivity contribution < 1.29 is 4.79 Å². The molecule has 0 radical (unpaired) electrons. The summed E-state index contributed by atoms with van der Waals surface area (Å²) in [5, 5.41) is 0. The van der Waals surface area contributed by atoms with E-state index in [1.807, 2.05) is 11.0 Å². The van der Waals surface area contributed by atoms with Crippen LogP contribution < -0.4 is 4.90 Å². The first kappa shape index (κ1) is 17.0. The van der Waals surface area contributed by atoms with Crippen molar-refractivity contribution in [3.05, 3.63) is 29.8 Å². The van der Waals surface area contributed by atoms with Crippen molar-refractivity contribution in [2.24, 2.45) is 11.8 Å². The molecule has 1 aromatic carbocycles. The van der Waals surface area contributed by atoms with Crippen LogP contribution in [0.2, 0.25) is 0 Å². The molecule has 0 aromatic heterocycles. The number of benzene rings is 1. The zero-order valence-corrected chi connectivity index (χ0v) is 14.7. The lowest BCUT2D eigenvalue weighted by molar-refractivity contribution is -0.120. The fourth-order valence-corrected chi connectivity index (χ4v) is 3.45. The van der Waals surface area contributed by atoms with Crippen LogP contribution in [-0.4, -0.2) is 36.5 Å². The van der Waals surface area contributed by atoms with Crippen LogP contribution in [0.25, 0.3) is 0 Å². The summed E-state index contributed by atoms with van der Waals surface area (Å²) in [5.41, 5.74) is 2.40. The summed E-state index contributed by atoms with van der Waals surface area (Å²) in [6.07, 6.45) is 0.969. The average molecular weight is 302 g/mol. The standard InChI is InChI=1S/C19H30N2O/c1-14(2)11-20(12-15(3)4)13-19(22)21-16(5)10-17-8-6-7-9-18(17)21/h6-9,14-16H,10-13H2,1-5H3/t16-/m1/s1. The molecule has 22 heavy (non-hydrogen) atoms. The molecule has 122 valence electrons. The van der Waals surface area contributed by atoms with Gasteiger partial charge in [-0.25, -0.2) is 0 Å². The molecule has 1 atom stereocenters. The molecule has 0 saturated heterocycles. The molecule has 0 fully saturated rings. The van der Waals surface area contributed by atoms with Crippen LogP contribution in [0.3, 0.4) is 0 Å². The largest absolute Gasteiger partial charge is 0.308 e. The highest BCUT2D eigenvalue weighted by atomic mass is 16.2. The number of hydrogen-bond acceptors (Lipinski definition) is 2. The monoisotopic (exact) mass is 302 g/mol. The number of rotatable bonds is 6. The van der Waals surface area contributed by atoms with Crippen molar-refractivity contribution in [1.82, 2.24) is 4.90 Å². The van der Waals surface area contributed by atoms with Crippen molar-refractivity contribution in [3.8, 4) is 0 Å². The van der Waals surface area contributed by atoms with Gasteiger partial charge in [-0.2, -0.15) is 0 Å². The zero-order chi connectivity index (χ0) is 16.3. The van der Waals surface area contributed by atoms with Gasteiger partial charge in [-0.1, -0.05) is 45.9 Å². The van der Waals surface area contributed by atoms with Gasteiger partial charge in [0, 0.05) is 24.8 Å². The summed E-state index contributed by atoms with van der Waals surface area (Å²) in [6, 6.07) is 8.57. The molecule has 1 aliphatic rings. The fourth-order valence-electron chi connectivity index (χ4n) is 3.45. The first-order valence-corrected chi connectivity index (χ1v) is 8.50. The van der Waals surface area contributed by atoms with Gasteiger partial charge >= 0.3 is 0 Å². The van der Waals surface area contributed by atoms with Crippen molar-refractivity contribution >= 4 is 11.6 Å².